The van der Waals surface area contributed by atoms with Crippen molar-refractivity contribution < 1.29 is 14.3 Å². The van der Waals surface area contributed by atoms with Crippen molar-refractivity contribution in [3.8, 4) is 11.5 Å². The number of nitrogens with two attached hydrogens (primary N) is 1. The fraction of sp³-hybridized carbons (Fsp3) is 0.278. The number of nitrogens with one attached hydrogen (secondary N) is 1. The van der Waals surface area contributed by atoms with E-state index in [0.717, 1.165) is 5.56 Å². The molecular weight excluding hydrogens is 292 g/mol. The van der Waals surface area contributed by atoms with Crippen molar-refractivity contribution in [1.82, 2.24) is 0 Å². The normalized spacial score (nSPS) is 11.6. The summed E-state index contributed by atoms with van der Waals surface area (Å²) in [5.41, 5.74) is 7.59. The lowest BCUT2D eigenvalue weighted by molar-refractivity contribution is -0.116. The molecule has 0 aliphatic carbocycles. The number of methoxy groups -OCH3 is 1. The topological polar surface area (TPSA) is 73.6 Å². The molecular formula is C18H22N2O3. The van der Waals surface area contributed by atoms with E-state index in [-0.39, 0.29) is 18.4 Å². The van der Waals surface area contributed by atoms with Gasteiger partial charge < -0.3 is 20.5 Å². The third-order valence-electron chi connectivity index (χ3n) is 3.39. The van der Waals surface area contributed by atoms with Crippen LogP contribution in [-0.4, -0.2) is 19.6 Å². The van der Waals surface area contributed by atoms with Crippen LogP contribution in [0, 0.1) is 0 Å². The zero-order chi connectivity index (χ0) is 16.7. The quantitative estimate of drug-likeness (QED) is 0.823. The molecule has 122 valence electrons. The van der Waals surface area contributed by atoms with Crippen LogP contribution < -0.4 is 20.5 Å². The lowest BCUT2D eigenvalue weighted by Gasteiger charge is -2.15. The summed E-state index contributed by atoms with van der Waals surface area (Å²) in [6.45, 7) is 2.40. The predicted molar refractivity (Wildman–Crippen MR) is 90.8 cm³/mol. The Hall–Kier alpha value is -2.53. The van der Waals surface area contributed by atoms with E-state index in [1.807, 2.05) is 37.3 Å². The zero-order valence-electron chi connectivity index (χ0n) is 13.4. The minimum atomic E-state index is -0.350. The van der Waals surface area contributed by atoms with Crippen LogP contribution >= 0.6 is 0 Å². The summed E-state index contributed by atoms with van der Waals surface area (Å²) in [5.74, 6) is 1.08. The highest BCUT2D eigenvalue weighted by Crippen LogP contribution is 2.29. The Morgan fingerprint density at radius 3 is 2.61 bits per heavy atom. The fourth-order valence-corrected chi connectivity index (χ4v) is 2.23. The second-order valence-electron chi connectivity index (χ2n) is 5.06. The third-order valence-corrected chi connectivity index (χ3v) is 3.39. The molecule has 3 N–H and O–H groups in total. The number of benzene rings is 2. The summed E-state index contributed by atoms with van der Waals surface area (Å²) in [7, 11) is 1.58. The maximum Gasteiger partial charge on any atom is 0.226 e. The smallest absolute Gasteiger partial charge is 0.226 e. The minimum Gasteiger partial charge on any atom is -0.497 e. The summed E-state index contributed by atoms with van der Waals surface area (Å²) >= 11 is 0. The van der Waals surface area contributed by atoms with E-state index in [4.69, 9.17) is 15.2 Å². The second-order valence-corrected chi connectivity index (χ2v) is 5.06. The Labute approximate surface area is 136 Å². The standard InChI is InChI=1S/C18H22N2O3/c1-3-23-17-10-9-14(22-2)11-16(17)20-18(21)12-15(19)13-7-5-4-6-8-13/h4-11,15H,3,12,19H2,1-2H3,(H,20,21). The number of hydrogen-bond donors (Lipinski definition) is 2. The first-order valence-corrected chi connectivity index (χ1v) is 7.55. The molecule has 0 fully saturated rings. The van der Waals surface area contributed by atoms with Gasteiger partial charge in [0.1, 0.15) is 11.5 Å². The molecule has 2 rings (SSSR count). The summed E-state index contributed by atoms with van der Waals surface area (Å²) in [6, 6.07) is 14.5. The number of carbonyl (C=O) groups excluding carboxylic acids is 1. The molecule has 0 spiro atoms. The molecule has 1 unspecified atom stereocenters. The predicted octanol–water partition coefficient (Wildman–Crippen LogP) is 3.12. The van der Waals surface area contributed by atoms with Crippen LogP contribution in [0.15, 0.2) is 48.5 Å². The first-order chi connectivity index (χ1) is 11.1. The molecule has 0 radical (unpaired) electrons. The lowest BCUT2D eigenvalue weighted by atomic mass is 10.0. The Bertz CT molecular complexity index is 644. The molecule has 0 aliphatic heterocycles. The molecule has 0 bridgehead atoms. The first-order valence-electron chi connectivity index (χ1n) is 7.55. The molecule has 0 aromatic heterocycles. The van der Waals surface area contributed by atoms with Crippen LogP contribution in [0.2, 0.25) is 0 Å². The molecule has 0 saturated carbocycles. The Morgan fingerprint density at radius 2 is 1.96 bits per heavy atom. The second kappa shape index (κ2) is 8.19. The maximum absolute atomic E-state index is 12.3. The fourth-order valence-electron chi connectivity index (χ4n) is 2.23. The van der Waals surface area contributed by atoms with Gasteiger partial charge in [-0.25, -0.2) is 0 Å². The Morgan fingerprint density at radius 1 is 1.22 bits per heavy atom. The highest BCUT2D eigenvalue weighted by molar-refractivity contribution is 5.93. The average molecular weight is 314 g/mol. The number of ether oxygens (including phenoxy) is 2. The van der Waals surface area contributed by atoms with Crippen molar-refractivity contribution in [2.75, 3.05) is 19.0 Å². The van der Waals surface area contributed by atoms with E-state index in [1.54, 1.807) is 25.3 Å². The molecule has 5 heteroatoms. The maximum atomic E-state index is 12.3. The highest BCUT2D eigenvalue weighted by atomic mass is 16.5. The molecule has 5 nitrogen and oxygen atoms in total. The number of rotatable bonds is 7. The van der Waals surface area contributed by atoms with Gasteiger partial charge >= 0.3 is 0 Å². The number of carbonyl (C=O) groups is 1. The van der Waals surface area contributed by atoms with Gasteiger partial charge in [-0.3, -0.25) is 4.79 Å². The van der Waals surface area contributed by atoms with Gasteiger partial charge in [-0.15, -0.1) is 0 Å². The van der Waals surface area contributed by atoms with Gasteiger partial charge in [-0.05, 0) is 24.6 Å². The van der Waals surface area contributed by atoms with Crippen molar-refractivity contribution >= 4 is 11.6 Å². The monoisotopic (exact) mass is 314 g/mol. The number of anilines is 1. The van der Waals surface area contributed by atoms with E-state index in [9.17, 15) is 4.79 Å². The SMILES string of the molecule is CCOc1ccc(OC)cc1NC(=O)CC(N)c1ccccc1. The lowest BCUT2D eigenvalue weighted by Crippen LogP contribution is -2.21. The first kappa shape index (κ1) is 16.8. The number of hydrogen-bond acceptors (Lipinski definition) is 4. The summed E-state index contributed by atoms with van der Waals surface area (Å²) in [4.78, 5) is 12.3. The third kappa shape index (κ3) is 4.72. The van der Waals surface area contributed by atoms with Crippen molar-refractivity contribution in [3.63, 3.8) is 0 Å². The van der Waals surface area contributed by atoms with Crippen LogP contribution in [0.1, 0.15) is 24.9 Å². The molecule has 23 heavy (non-hydrogen) atoms. The molecule has 2 aromatic rings. The van der Waals surface area contributed by atoms with Gasteiger partial charge in [0.05, 0.1) is 19.4 Å². The van der Waals surface area contributed by atoms with Crippen molar-refractivity contribution in [3.05, 3.63) is 54.1 Å². The number of amides is 1. The average Bonchev–Trinajstić information content (AvgIpc) is 2.57. The van der Waals surface area contributed by atoms with Gasteiger partial charge in [-0.2, -0.15) is 0 Å². The Balaban J connectivity index is 2.07. The van der Waals surface area contributed by atoms with Crippen LogP contribution in [0.25, 0.3) is 0 Å². The van der Waals surface area contributed by atoms with Gasteiger partial charge in [0.25, 0.3) is 0 Å². The minimum absolute atomic E-state index is 0.171. The molecule has 1 atom stereocenters. The van der Waals surface area contributed by atoms with Crippen LogP contribution in [0.4, 0.5) is 5.69 Å². The van der Waals surface area contributed by atoms with Crippen LogP contribution in [-0.2, 0) is 4.79 Å². The molecule has 1 amide bonds. The highest BCUT2D eigenvalue weighted by Gasteiger charge is 2.14. The summed E-state index contributed by atoms with van der Waals surface area (Å²) in [6.07, 6.45) is 0.187. The molecule has 0 saturated heterocycles. The van der Waals surface area contributed by atoms with E-state index >= 15 is 0 Å². The van der Waals surface area contributed by atoms with Crippen molar-refractivity contribution in [1.29, 1.82) is 0 Å². The van der Waals surface area contributed by atoms with Gasteiger partial charge in [0.15, 0.2) is 0 Å². The Kier molecular flexibility index (Phi) is 6.00. The zero-order valence-corrected chi connectivity index (χ0v) is 13.4. The van der Waals surface area contributed by atoms with E-state index in [2.05, 4.69) is 5.32 Å². The largest absolute Gasteiger partial charge is 0.497 e. The van der Waals surface area contributed by atoms with Crippen LogP contribution in [0.3, 0.4) is 0 Å². The van der Waals surface area contributed by atoms with E-state index < -0.39 is 0 Å². The van der Waals surface area contributed by atoms with Gasteiger partial charge in [-0.1, -0.05) is 30.3 Å². The van der Waals surface area contributed by atoms with Crippen molar-refractivity contribution in [2.45, 2.75) is 19.4 Å². The van der Waals surface area contributed by atoms with E-state index in [1.165, 1.54) is 0 Å². The summed E-state index contributed by atoms with van der Waals surface area (Å²) in [5, 5.41) is 2.85. The van der Waals surface area contributed by atoms with Crippen molar-refractivity contribution in [2.24, 2.45) is 5.73 Å². The van der Waals surface area contributed by atoms with Gasteiger partial charge in [0, 0.05) is 18.5 Å². The van der Waals surface area contributed by atoms with E-state index in [0.29, 0.717) is 23.8 Å². The van der Waals surface area contributed by atoms with Crippen LogP contribution in [0.5, 0.6) is 11.5 Å². The molecule has 2 aromatic carbocycles. The van der Waals surface area contributed by atoms with Gasteiger partial charge in [0.2, 0.25) is 5.91 Å². The summed E-state index contributed by atoms with van der Waals surface area (Å²) < 4.78 is 10.7. The molecule has 0 heterocycles. The molecule has 0 aliphatic rings.